The van der Waals surface area contributed by atoms with E-state index in [4.69, 9.17) is 0 Å². The number of hydrogen-bond donors (Lipinski definition) is 1. The van der Waals surface area contributed by atoms with Crippen molar-refractivity contribution in [1.82, 2.24) is 10.2 Å². The number of benzene rings is 1. The molecule has 3 nitrogen and oxygen atoms in total. The molecule has 1 amide bonds. The lowest BCUT2D eigenvalue weighted by molar-refractivity contribution is -0.124. The second-order valence-electron chi connectivity index (χ2n) is 6.99. The average molecular weight is 286 g/mol. The van der Waals surface area contributed by atoms with Crippen LogP contribution in [0.4, 0.5) is 0 Å². The minimum Gasteiger partial charge on any atom is -0.346 e. The third kappa shape index (κ3) is 2.98. The Morgan fingerprint density at radius 3 is 2.67 bits per heavy atom. The summed E-state index contributed by atoms with van der Waals surface area (Å²) in [5.41, 5.74) is 2.46. The average Bonchev–Trinajstić information content (AvgIpc) is 2.46. The molecule has 0 bridgehead atoms. The number of fused-ring (bicyclic) bond motifs is 2. The van der Waals surface area contributed by atoms with Crippen molar-refractivity contribution < 1.29 is 4.79 Å². The minimum atomic E-state index is -0.111. The van der Waals surface area contributed by atoms with Crippen LogP contribution in [0.5, 0.6) is 0 Å². The highest BCUT2D eigenvalue weighted by Gasteiger charge is 2.41. The van der Waals surface area contributed by atoms with E-state index in [0.29, 0.717) is 6.42 Å². The molecule has 3 heteroatoms. The van der Waals surface area contributed by atoms with Crippen molar-refractivity contribution in [3.63, 3.8) is 0 Å². The summed E-state index contributed by atoms with van der Waals surface area (Å²) in [5, 5.41) is 3.31. The molecule has 1 aromatic rings. The molecular weight excluding hydrogens is 260 g/mol. The van der Waals surface area contributed by atoms with Crippen LogP contribution in [0.25, 0.3) is 0 Å². The van der Waals surface area contributed by atoms with E-state index >= 15 is 0 Å². The Hall–Kier alpha value is -1.35. The zero-order valence-corrected chi connectivity index (χ0v) is 13.2. The predicted octanol–water partition coefficient (Wildman–Crippen LogP) is 2.70. The van der Waals surface area contributed by atoms with Crippen LogP contribution in [0.1, 0.15) is 44.2 Å². The number of nitrogens with zero attached hydrogens (tertiary/aromatic N) is 1. The van der Waals surface area contributed by atoms with Gasteiger partial charge in [-0.05, 0) is 42.9 Å². The predicted molar refractivity (Wildman–Crippen MR) is 85.1 cm³/mol. The smallest absolute Gasteiger partial charge is 0.225 e. The van der Waals surface area contributed by atoms with Crippen molar-refractivity contribution in [3.05, 3.63) is 35.4 Å². The molecule has 1 aromatic carbocycles. The quantitative estimate of drug-likeness (QED) is 0.926. The van der Waals surface area contributed by atoms with Gasteiger partial charge in [-0.1, -0.05) is 38.1 Å². The summed E-state index contributed by atoms with van der Waals surface area (Å²) < 4.78 is 0. The third-order valence-electron chi connectivity index (χ3n) is 4.99. The van der Waals surface area contributed by atoms with Crippen molar-refractivity contribution in [2.45, 2.75) is 45.1 Å². The van der Waals surface area contributed by atoms with Gasteiger partial charge in [-0.15, -0.1) is 0 Å². The van der Waals surface area contributed by atoms with Gasteiger partial charge < -0.3 is 10.2 Å². The fourth-order valence-corrected chi connectivity index (χ4v) is 3.69. The molecule has 1 saturated heterocycles. The molecule has 0 aliphatic carbocycles. The van der Waals surface area contributed by atoms with Gasteiger partial charge in [0.2, 0.25) is 5.91 Å². The highest BCUT2D eigenvalue weighted by Crippen LogP contribution is 2.37. The number of hydrogen-bond acceptors (Lipinski definition) is 2. The lowest BCUT2D eigenvalue weighted by atomic mass is 9.75. The molecule has 0 aromatic heterocycles. The zero-order chi connectivity index (χ0) is 14.9. The third-order valence-corrected chi connectivity index (χ3v) is 4.99. The summed E-state index contributed by atoms with van der Waals surface area (Å²) in [5.74, 6) is 0.945. The van der Waals surface area contributed by atoms with E-state index in [9.17, 15) is 4.79 Å². The second-order valence-corrected chi connectivity index (χ2v) is 6.99. The van der Waals surface area contributed by atoms with Crippen LogP contribution in [0, 0.1) is 5.92 Å². The Morgan fingerprint density at radius 2 is 1.95 bits per heavy atom. The Labute approximate surface area is 127 Å². The SMILES string of the molecule is CC(C)CCN1CCC2(CC1)NC(=O)Cc1ccccc12. The number of rotatable bonds is 3. The number of nitrogens with one attached hydrogen (secondary N) is 1. The van der Waals surface area contributed by atoms with Gasteiger partial charge in [0.15, 0.2) is 0 Å². The van der Waals surface area contributed by atoms with E-state index in [0.717, 1.165) is 31.8 Å². The van der Waals surface area contributed by atoms with Crippen molar-refractivity contribution in [3.8, 4) is 0 Å². The van der Waals surface area contributed by atoms with Crippen molar-refractivity contribution in [1.29, 1.82) is 0 Å². The van der Waals surface area contributed by atoms with Crippen LogP contribution in [0.15, 0.2) is 24.3 Å². The summed E-state index contributed by atoms with van der Waals surface area (Å²) in [6.07, 6.45) is 3.87. The second kappa shape index (κ2) is 5.80. The first-order chi connectivity index (χ1) is 10.1. The molecule has 1 N–H and O–H groups in total. The maximum Gasteiger partial charge on any atom is 0.225 e. The van der Waals surface area contributed by atoms with Gasteiger partial charge in [0.25, 0.3) is 0 Å². The summed E-state index contributed by atoms with van der Waals surface area (Å²) in [6, 6.07) is 8.46. The first-order valence-corrected chi connectivity index (χ1v) is 8.21. The molecule has 0 unspecified atom stereocenters. The Balaban J connectivity index is 1.74. The molecule has 114 valence electrons. The molecular formula is C18H26N2O. The van der Waals surface area contributed by atoms with Gasteiger partial charge >= 0.3 is 0 Å². The van der Waals surface area contributed by atoms with E-state index in [1.807, 2.05) is 6.07 Å². The molecule has 0 radical (unpaired) electrons. The molecule has 3 rings (SSSR count). The Bertz CT molecular complexity index is 516. The van der Waals surface area contributed by atoms with E-state index in [1.54, 1.807) is 0 Å². The molecule has 2 aliphatic rings. The van der Waals surface area contributed by atoms with Crippen LogP contribution >= 0.6 is 0 Å². The molecule has 1 fully saturated rings. The fourth-order valence-electron chi connectivity index (χ4n) is 3.69. The van der Waals surface area contributed by atoms with Gasteiger partial charge in [-0.3, -0.25) is 4.79 Å². The summed E-state index contributed by atoms with van der Waals surface area (Å²) in [7, 11) is 0. The normalized spacial score (nSPS) is 21.4. The van der Waals surface area contributed by atoms with Crippen LogP contribution in [0.2, 0.25) is 0 Å². The van der Waals surface area contributed by atoms with Crippen LogP contribution < -0.4 is 5.32 Å². The topological polar surface area (TPSA) is 32.3 Å². The molecule has 2 heterocycles. The zero-order valence-electron chi connectivity index (χ0n) is 13.2. The standard InChI is InChI=1S/C18H26N2O/c1-14(2)7-10-20-11-8-18(9-12-20)16-6-4-3-5-15(16)13-17(21)19-18/h3-6,14H,7-13H2,1-2H3,(H,19,21). The largest absolute Gasteiger partial charge is 0.346 e. The number of amides is 1. The maximum atomic E-state index is 12.1. The summed E-state index contributed by atoms with van der Waals surface area (Å²) in [6.45, 7) is 7.91. The summed E-state index contributed by atoms with van der Waals surface area (Å²) >= 11 is 0. The molecule has 1 spiro atoms. The minimum absolute atomic E-state index is 0.111. The van der Waals surface area contributed by atoms with Crippen molar-refractivity contribution in [2.75, 3.05) is 19.6 Å². The van der Waals surface area contributed by atoms with E-state index < -0.39 is 0 Å². The van der Waals surface area contributed by atoms with Crippen molar-refractivity contribution >= 4 is 5.91 Å². The van der Waals surface area contributed by atoms with E-state index in [2.05, 4.69) is 42.3 Å². The van der Waals surface area contributed by atoms with Crippen molar-refractivity contribution in [2.24, 2.45) is 5.92 Å². The summed E-state index contributed by atoms with van der Waals surface area (Å²) in [4.78, 5) is 14.6. The van der Waals surface area contributed by atoms with Crippen LogP contribution in [0.3, 0.4) is 0 Å². The number of likely N-dealkylation sites (tertiary alicyclic amines) is 1. The number of carbonyl (C=O) groups excluding carboxylic acids is 1. The molecule has 0 saturated carbocycles. The maximum absolute atomic E-state index is 12.1. The first kappa shape index (κ1) is 14.6. The van der Waals surface area contributed by atoms with Gasteiger partial charge in [0.1, 0.15) is 0 Å². The van der Waals surface area contributed by atoms with Gasteiger partial charge in [0, 0.05) is 13.1 Å². The van der Waals surface area contributed by atoms with Gasteiger partial charge in [0.05, 0.1) is 12.0 Å². The lowest BCUT2D eigenvalue weighted by Crippen LogP contribution is -2.56. The number of piperidine rings is 1. The fraction of sp³-hybridized carbons (Fsp3) is 0.611. The van der Waals surface area contributed by atoms with E-state index in [-0.39, 0.29) is 11.4 Å². The highest BCUT2D eigenvalue weighted by molar-refractivity contribution is 5.82. The molecule has 0 atom stereocenters. The monoisotopic (exact) mass is 286 g/mol. The van der Waals surface area contributed by atoms with Crippen LogP contribution in [-0.2, 0) is 16.8 Å². The van der Waals surface area contributed by atoms with Gasteiger partial charge in [-0.25, -0.2) is 0 Å². The number of carbonyl (C=O) groups is 1. The van der Waals surface area contributed by atoms with E-state index in [1.165, 1.54) is 24.1 Å². The first-order valence-electron chi connectivity index (χ1n) is 8.21. The van der Waals surface area contributed by atoms with Crippen LogP contribution in [-0.4, -0.2) is 30.4 Å². The lowest BCUT2D eigenvalue weighted by Gasteiger charge is -2.45. The Morgan fingerprint density at radius 1 is 1.24 bits per heavy atom. The highest BCUT2D eigenvalue weighted by atomic mass is 16.1. The molecule has 2 aliphatic heterocycles. The Kier molecular flexibility index (Phi) is 4.03. The molecule has 21 heavy (non-hydrogen) atoms. The van der Waals surface area contributed by atoms with Gasteiger partial charge in [-0.2, -0.15) is 0 Å².